The summed E-state index contributed by atoms with van der Waals surface area (Å²) in [7, 11) is -1.29. The molecule has 2 amide bonds. The minimum absolute atomic E-state index is 0.0215. The molecule has 0 aliphatic rings. The fraction of sp³-hybridized carbons (Fsp3) is 0.212. The van der Waals surface area contributed by atoms with E-state index in [0.29, 0.717) is 5.02 Å². The number of halogens is 1. The summed E-state index contributed by atoms with van der Waals surface area (Å²) < 4.78 is 34.8. The fourth-order valence-electron chi connectivity index (χ4n) is 4.69. The van der Waals surface area contributed by atoms with Crippen LogP contribution in [0.25, 0.3) is 0 Å². The third-order valence-electron chi connectivity index (χ3n) is 7.03. The number of amides is 2. The van der Waals surface area contributed by atoms with E-state index in [1.54, 1.807) is 60.7 Å². The number of rotatable bonds is 12. The molecule has 43 heavy (non-hydrogen) atoms. The standard InChI is InChI=1S/C33H34ClN3O5S/c1-24-13-19-28(20-14-24)43(40,41)37(29-11-7-8-12-31(29)42-3)23-32(38)36(22-26-15-17-27(34)18-16-26)30(33(39)35-2)21-25-9-5-4-6-10-25/h4-20,30H,21-23H2,1-3H3,(H,35,39)/t30-/m1/s1. The lowest BCUT2D eigenvalue weighted by Crippen LogP contribution is -2.53. The molecular weight excluding hydrogens is 586 g/mol. The van der Waals surface area contributed by atoms with Crippen molar-refractivity contribution in [2.24, 2.45) is 0 Å². The van der Waals surface area contributed by atoms with Gasteiger partial charge >= 0.3 is 0 Å². The Balaban J connectivity index is 1.81. The van der Waals surface area contributed by atoms with Crippen LogP contribution in [-0.4, -0.2) is 51.9 Å². The van der Waals surface area contributed by atoms with Crippen molar-refractivity contribution in [1.29, 1.82) is 0 Å². The van der Waals surface area contributed by atoms with Crippen LogP contribution in [0.4, 0.5) is 5.69 Å². The number of para-hydroxylation sites is 2. The number of hydrogen-bond donors (Lipinski definition) is 1. The maximum absolute atomic E-state index is 14.4. The number of anilines is 1. The van der Waals surface area contributed by atoms with Crippen molar-refractivity contribution in [3.8, 4) is 5.75 Å². The van der Waals surface area contributed by atoms with E-state index in [0.717, 1.165) is 21.0 Å². The first-order chi connectivity index (χ1) is 20.6. The second-order valence-corrected chi connectivity index (χ2v) is 12.3. The summed E-state index contributed by atoms with van der Waals surface area (Å²) in [6.45, 7) is 1.33. The number of sulfonamides is 1. The zero-order valence-corrected chi connectivity index (χ0v) is 25.8. The van der Waals surface area contributed by atoms with Gasteiger partial charge in [0.1, 0.15) is 18.3 Å². The summed E-state index contributed by atoms with van der Waals surface area (Å²) in [5, 5.41) is 3.20. The van der Waals surface area contributed by atoms with Gasteiger partial charge in [0.15, 0.2) is 0 Å². The molecule has 0 spiro atoms. The first kappa shape index (κ1) is 31.6. The van der Waals surface area contributed by atoms with Crippen LogP contribution in [-0.2, 0) is 32.6 Å². The molecule has 4 rings (SSSR count). The number of hydrogen-bond acceptors (Lipinski definition) is 5. The number of carbonyl (C=O) groups is 2. The number of nitrogens with one attached hydrogen (secondary N) is 1. The Morgan fingerprint density at radius 1 is 0.860 bits per heavy atom. The number of ether oxygens (including phenoxy) is 1. The van der Waals surface area contributed by atoms with Crippen LogP contribution in [0.1, 0.15) is 16.7 Å². The van der Waals surface area contributed by atoms with Crippen LogP contribution in [0.5, 0.6) is 5.75 Å². The van der Waals surface area contributed by atoms with Crippen molar-refractivity contribution in [1.82, 2.24) is 10.2 Å². The van der Waals surface area contributed by atoms with Gasteiger partial charge in [0.05, 0.1) is 17.7 Å². The Labute approximate surface area is 257 Å². The third-order valence-corrected chi connectivity index (χ3v) is 9.05. The Bertz CT molecular complexity index is 1650. The molecule has 224 valence electrons. The molecule has 0 unspecified atom stereocenters. The van der Waals surface area contributed by atoms with Gasteiger partial charge in [-0.1, -0.05) is 83.9 Å². The highest BCUT2D eigenvalue weighted by Gasteiger charge is 2.35. The highest BCUT2D eigenvalue weighted by molar-refractivity contribution is 7.92. The second kappa shape index (κ2) is 14.2. The first-order valence-electron chi connectivity index (χ1n) is 13.7. The molecule has 0 radical (unpaired) electrons. The Morgan fingerprint density at radius 3 is 2.12 bits per heavy atom. The molecule has 10 heteroatoms. The van der Waals surface area contributed by atoms with Crippen LogP contribution in [0, 0.1) is 6.92 Å². The molecule has 0 saturated heterocycles. The molecule has 0 aromatic heterocycles. The third kappa shape index (κ3) is 7.74. The van der Waals surface area contributed by atoms with Crippen molar-refractivity contribution in [2.45, 2.75) is 30.8 Å². The lowest BCUT2D eigenvalue weighted by atomic mass is 10.0. The van der Waals surface area contributed by atoms with Gasteiger partial charge in [0, 0.05) is 25.0 Å². The highest BCUT2D eigenvalue weighted by atomic mass is 35.5. The molecule has 8 nitrogen and oxygen atoms in total. The molecule has 1 atom stereocenters. The van der Waals surface area contributed by atoms with Crippen molar-refractivity contribution >= 4 is 39.1 Å². The number of likely N-dealkylation sites (N-methyl/N-ethyl adjacent to an activating group) is 1. The van der Waals surface area contributed by atoms with Crippen molar-refractivity contribution < 1.29 is 22.7 Å². The topological polar surface area (TPSA) is 96.0 Å². The lowest BCUT2D eigenvalue weighted by molar-refractivity contribution is -0.139. The van der Waals surface area contributed by atoms with Gasteiger partial charge in [-0.25, -0.2) is 8.42 Å². The zero-order valence-electron chi connectivity index (χ0n) is 24.2. The Kier molecular flexibility index (Phi) is 10.4. The summed E-state index contributed by atoms with van der Waals surface area (Å²) >= 11 is 6.11. The Morgan fingerprint density at radius 2 is 1.49 bits per heavy atom. The van der Waals surface area contributed by atoms with Gasteiger partial charge in [-0.15, -0.1) is 0 Å². The maximum atomic E-state index is 14.4. The van der Waals surface area contributed by atoms with Crippen molar-refractivity contribution in [3.05, 3.63) is 125 Å². The molecule has 0 aliphatic carbocycles. The SMILES string of the molecule is CNC(=O)[C@@H](Cc1ccccc1)N(Cc1ccc(Cl)cc1)C(=O)CN(c1ccccc1OC)S(=O)(=O)c1ccc(C)cc1. The minimum Gasteiger partial charge on any atom is -0.495 e. The molecule has 0 aliphatic heterocycles. The zero-order chi connectivity index (χ0) is 31.0. The summed E-state index contributed by atoms with van der Waals surface area (Å²) in [5.41, 5.74) is 2.66. The van der Waals surface area contributed by atoms with Crippen LogP contribution in [0.15, 0.2) is 108 Å². The molecular formula is C33H34ClN3O5S. The summed E-state index contributed by atoms with van der Waals surface area (Å²) in [6.07, 6.45) is 0.221. The molecule has 0 fully saturated rings. The normalized spacial score (nSPS) is 11.8. The molecule has 4 aromatic rings. The van der Waals surface area contributed by atoms with Crippen molar-refractivity contribution in [3.63, 3.8) is 0 Å². The number of methoxy groups -OCH3 is 1. The number of benzene rings is 4. The van der Waals surface area contributed by atoms with E-state index in [2.05, 4.69) is 5.32 Å². The van der Waals surface area contributed by atoms with E-state index in [1.807, 2.05) is 37.3 Å². The highest BCUT2D eigenvalue weighted by Crippen LogP contribution is 2.32. The quantitative estimate of drug-likeness (QED) is 0.234. The van der Waals surface area contributed by atoms with E-state index in [4.69, 9.17) is 16.3 Å². The van der Waals surface area contributed by atoms with E-state index >= 15 is 0 Å². The molecule has 0 saturated carbocycles. The predicted octanol–water partition coefficient (Wildman–Crippen LogP) is 5.24. The van der Waals surface area contributed by atoms with Gasteiger partial charge in [0.25, 0.3) is 10.0 Å². The van der Waals surface area contributed by atoms with Gasteiger partial charge in [0.2, 0.25) is 11.8 Å². The molecule has 0 bridgehead atoms. The smallest absolute Gasteiger partial charge is 0.264 e. The summed E-state index contributed by atoms with van der Waals surface area (Å²) in [6, 6.07) is 28.4. The van der Waals surface area contributed by atoms with Gasteiger partial charge < -0.3 is 15.0 Å². The van der Waals surface area contributed by atoms with Crippen molar-refractivity contribution in [2.75, 3.05) is 25.0 Å². The minimum atomic E-state index is -4.23. The average Bonchev–Trinajstić information content (AvgIpc) is 3.02. The van der Waals surface area contributed by atoms with Gasteiger partial charge in [-0.3, -0.25) is 13.9 Å². The van der Waals surface area contributed by atoms with Crippen LogP contribution in [0.3, 0.4) is 0 Å². The predicted molar refractivity (Wildman–Crippen MR) is 169 cm³/mol. The molecule has 4 aromatic carbocycles. The van der Waals surface area contributed by atoms with E-state index in [1.165, 1.54) is 31.2 Å². The first-order valence-corrected chi connectivity index (χ1v) is 15.5. The number of nitrogens with zero attached hydrogens (tertiary/aromatic N) is 2. The molecule has 0 heterocycles. The van der Waals surface area contributed by atoms with E-state index < -0.39 is 28.5 Å². The number of carbonyl (C=O) groups excluding carboxylic acids is 2. The van der Waals surface area contributed by atoms with E-state index in [9.17, 15) is 18.0 Å². The van der Waals surface area contributed by atoms with Crippen LogP contribution in [0.2, 0.25) is 5.02 Å². The van der Waals surface area contributed by atoms with Gasteiger partial charge in [-0.2, -0.15) is 0 Å². The maximum Gasteiger partial charge on any atom is 0.264 e. The lowest BCUT2D eigenvalue weighted by Gasteiger charge is -2.34. The average molecular weight is 620 g/mol. The Hall–Kier alpha value is -4.34. The second-order valence-electron chi connectivity index (χ2n) is 9.96. The monoisotopic (exact) mass is 619 g/mol. The fourth-order valence-corrected chi connectivity index (χ4v) is 6.24. The molecule has 1 N–H and O–H groups in total. The number of aryl methyl sites for hydroxylation is 1. The summed E-state index contributed by atoms with van der Waals surface area (Å²) in [5.74, 6) is -0.667. The largest absolute Gasteiger partial charge is 0.495 e. The van der Waals surface area contributed by atoms with E-state index in [-0.39, 0.29) is 35.2 Å². The van der Waals surface area contributed by atoms with Crippen LogP contribution >= 0.6 is 11.6 Å². The summed E-state index contributed by atoms with van der Waals surface area (Å²) in [4.78, 5) is 29.1. The van der Waals surface area contributed by atoms with Crippen LogP contribution < -0.4 is 14.4 Å². The van der Waals surface area contributed by atoms with Gasteiger partial charge in [-0.05, 0) is 54.4 Å².